The summed E-state index contributed by atoms with van der Waals surface area (Å²) in [7, 11) is -4.56. The Hall–Kier alpha value is -3.77. The normalized spacial score (nSPS) is 17.4. The molecule has 1 aliphatic heterocycles. The zero-order valence-corrected chi connectivity index (χ0v) is 25.7. The highest BCUT2D eigenvalue weighted by Gasteiger charge is 2.51. The summed E-state index contributed by atoms with van der Waals surface area (Å²) in [6, 6.07) is 2.68. The van der Waals surface area contributed by atoms with Crippen LogP contribution < -0.4 is 24.4 Å². The minimum atomic E-state index is -4.86. The van der Waals surface area contributed by atoms with Crippen LogP contribution in [0.3, 0.4) is 0 Å². The molecule has 1 aromatic heterocycles. The number of anilines is 2. The number of aromatic nitrogens is 2. The number of sulfonamides is 1. The van der Waals surface area contributed by atoms with E-state index in [0.29, 0.717) is 13.8 Å². The molecular weight excluding hydrogens is 615 g/mol. The lowest BCUT2D eigenvalue weighted by Crippen LogP contribution is -2.56. The quantitative estimate of drug-likeness (QED) is 0.282. The predicted molar refractivity (Wildman–Crippen MR) is 150 cm³/mol. The first kappa shape index (κ1) is 34.7. The number of aliphatic hydroxyl groups excluding tert-OH is 1. The summed E-state index contributed by atoms with van der Waals surface area (Å²) in [6.07, 6.45) is -6.07. The van der Waals surface area contributed by atoms with E-state index in [2.05, 4.69) is 20.5 Å². The van der Waals surface area contributed by atoms with Crippen molar-refractivity contribution in [1.29, 1.82) is 0 Å². The van der Waals surface area contributed by atoms with Crippen molar-refractivity contribution >= 4 is 33.4 Å². The van der Waals surface area contributed by atoms with Crippen molar-refractivity contribution in [2.75, 3.05) is 29.4 Å². The smallest absolute Gasteiger partial charge is 0.427 e. The van der Waals surface area contributed by atoms with Gasteiger partial charge in [0.2, 0.25) is 5.60 Å². The van der Waals surface area contributed by atoms with E-state index in [1.165, 1.54) is 49.8 Å². The summed E-state index contributed by atoms with van der Waals surface area (Å²) in [5.74, 6) is -1.04. The molecule has 1 aliphatic rings. The molecule has 0 saturated carbocycles. The largest absolute Gasteiger partial charge is 0.484 e. The number of fused-ring (bicyclic) bond motifs is 1. The molecule has 0 unspecified atom stereocenters. The summed E-state index contributed by atoms with van der Waals surface area (Å²) in [5.41, 5.74) is -4.76. The van der Waals surface area contributed by atoms with Gasteiger partial charge in [0.25, 0.3) is 21.8 Å². The maximum Gasteiger partial charge on any atom is 0.427 e. The average Bonchev–Trinajstić information content (AvgIpc) is 3.33. The Morgan fingerprint density at radius 1 is 1.18 bits per heavy atom. The van der Waals surface area contributed by atoms with Gasteiger partial charge in [-0.3, -0.25) is 19.1 Å². The van der Waals surface area contributed by atoms with Crippen LogP contribution >= 0.6 is 0 Å². The lowest BCUT2D eigenvalue weighted by molar-refractivity contribution is -0.242. The number of hydrogen-bond donors (Lipinski definition) is 4. The predicted octanol–water partition coefficient (Wildman–Crippen LogP) is 2.40. The van der Waals surface area contributed by atoms with Gasteiger partial charge in [0.05, 0.1) is 24.9 Å². The van der Waals surface area contributed by atoms with Crippen LogP contribution in [0.4, 0.5) is 29.3 Å². The van der Waals surface area contributed by atoms with Crippen molar-refractivity contribution in [2.24, 2.45) is 0 Å². The molecule has 0 fully saturated rings. The molecule has 14 nitrogen and oxygen atoms in total. The summed E-state index contributed by atoms with van der Waals surface area (Å²) in [5, 5.41) is 28.0. The third kappa shape index (κ3) is 7.47. The molecule has 0 saturated heterocycles. The van der Waals surface area contributed by atoms with Crippen LogP contribution in [0.2, 0.25) is 0 Å². The van der Waals surface area contributed by atoms with E-state index < -0.39 is 58.2 Å². The number of aliphatic hydroxyl groups is 2. The number of carbonyl (C=O) groups excluding carboxylic acids is 2. The van der Waals surface area contributed by atoms with Crippen molar-refractivity contribution in [3.63, 3.8) is 0 Å². The molecule has 0 radical (unpaired) electrons. The number of amides is 2. The minimum Gasteiger partial charge on any atom is -0.484 e. The number of hydrogen-bond acceptors (Lipinski definition) is 10. The second kappa shape index (κ2) is 12.7. The zero-order valence-electron chi connectivity index (χ0n) is 24.9. The van der Waals surface area contributed by atoms with E-state index >= 15 is 0 Å². The molecule has 0 spiro atoms. The van der Waals surface area contributed by atoms with Gasteiger partial charge < -0.3 is 29.7 Å². The second-order valence-electron chi connectivity index (χ2n) is 10.9. The highest BCUT2D eigenvalue weighted by molar-refractivity contribution is 7.93. The lowest BCUT2D eigenvalue weighted by Gasteiger charge is -2.41. The van der Waals surface area contributed by atoms with E-state index in [0.717, 1.165) is 4.31 Å². The molecule has 2 aromatic rings. The second-order valence-corrected chi connectivity index (χ2v) is 12.7. The van der Waals surface area contributed by atoms with Crippen molar-refractivity contribution < 1.29 is 55.6 Å². The molecule has 1 aromatic carbocycles. The van der Waals surface area contributed by atoms with Crippen molar-refractivity contribution in [2.45, 2.75) is 82.5 Å². The van der Waals surface area contributed by atoms with Gasteiger partial charge in [-0.25, -0.2) is 13.2 Å². The lowest BCUT2D eigenvalue weighted by atomic mass is 10.1. The Kier molecular flexibility index (Phi) is 10.0. The number of aryl methyl sites for hydroxylation is 1. The number of alkyl halides is 3. The fourth-order valence-electron chi connectivity index (χ4n) is 3.97. The van der Waals surface area contributed by atoms with Gasteiger partial charge >= 0.3 is 12.3 Å². The minimum absolute atomic E-state index is 0.00979. The standard InChI is InChI=1S/C26H36F3N5O9S/c1-7-33-14-20(21(32-33)41-11-10-35)44(39,40)34-15(2)19(13-30-22(36)24(3,4)38)42-18-9-8-16(12-17(18)34)31-23(37)43-25(5,6)26(27,28)29/h8-9,12,14-15,19,35,38H,7,10-11,13H2,1-6H3,(H,30,36)(H,31,37)/t15-,19+/m1/s1. The summed E-state index contributed by atoms with van der Waals surface area (Å²) < 4.78 is 86.4. The maximum atomic E-state index is 14.3. The van der Waals surface area contributed by atoms with Crippen molar-refractivity contribution in [3.05, 3.63) is 24.4 Å². The number of rotatable bonds is 11. The highest BCUT2D eigenvalue weighted by Crippen LogP contribution is 2.43. The number of nitrogens with zero attached hydrogens (tertiary/aromatic N) is 3. The van der Waals surface area contributed by atoms with Crippen LogP contribution in [0.25, 0.3) is 0 Å². The van der Waals surface area contributed by atoms with Crippen LogP contribution in [-0.4, -0.2) is 89.7 Å². The van der Waals surface area contributed by atoms with Crippen molar-refractivity contribution in [1.82, 2.24) is 15.1 Å². The van der Waals surface area contributed by atoms with Gasteiger partial charge in [-0.2, -0.15) is 13.2 Å². The molecule has 0 aliphatic carbocycles. The molecule has 2 atom stereocenters. The summed E-state index contributed by atoms with van der Waals surface area (Å²) in [4.78, 5) is 24.3. The summed E-state index contributed by atoms with van der Waals surface area (Å²) >= 11 is 0. The number of benzene rings is 1. The Labute approximate surface area is 252 Å². The van der Waals surface area contributed by atoms with E-state index in [-0.39, 0.29) is 47.6 Å². The van der Waals surface area contributed by atoms with Crippen LogP contribution in [-0.2, 0) is 26.1 Å². The molecule has 2 heterocycles. The Bertz CT molecular complexity index is 1470. The Morgan fingerprint density at radius 2 is 1.84 bits per heavy atom. The van der Waals surface area contributed by atoms with E-state index in [4.69, 9.17) is 9.47 Å². The first-order chi connectivity index (χ1) is 20.2. The molecule has 4 N–H and O–H groups in total. The molecule has 0 bridgehead atoms. The third-order valence-corrected chi connectivity index (χ3v) is 8.45. The van der Waals surface area contributed by atoms with Gasteiger partial charge in [0.15, 0.2) is 4.90 Å². The van der Waals surface area contributed by atoms with Gasteiger partial charge in [-0.1, -0.05) is 0 Å². The number of carbonyl (C=O) groups is 2. The first-order valence-electron chi connectivity index (χ1n) is 13.5. The van der Waals surface area contributed by atoms with Gasteiger partial charge in [0, 0.05) is 18.4 Å². The van der Waals surface area contributed by atoms with Gasteiger partial charge in [-0.05, 0) is 59.7 Å². The monoisotopic (exact) mass is 651 g/mol. The topological polar surface area (TPSA) is 182 Å². The van der Waals surface area contributed by atoms with E-state index in [1.54, 1.807) is 6.92 Å². The maximum absolute atomic E-state index is 14.3. The van der Waals surface area contributed by atoms with Crippen LogP contribution in [0.15, 0.2) is 29.3 Å². The van der Waals surface area contributed by atoms with Crippen molar-refractivity contribution in [3.8, 4) is 11.6 Å². The SMILES string of the molecule is CCn1cc(S(=O)(=O)N2c3cc(NC(=O)OC(C)(C)C(F)(F)F)ccc3O[C@@H](CNC(=O)C(C)(C)O)[C@H]2C)c(OCCO)n1. The van der Waals surface area contributed by atoms with Crippen LogP contribution in [0, 0.1) is 0 Å². The Balaban J connectivity index is 2.07. The molecule has 18 heteroatoms. The highest BCUT2D eigenvalue weighted by atomic mass is 32.2. The molecule has 44 heavy (non-hydrogen) atoms. The fourth-order valence-corrected chi connectivity index (χ4v) is 5.74. The van der Waals surface area contributed by atoms with E-state index in [1.807, 2.05) is 0 Å². The molecule has 2 amide bonds. The average molecular weight is 652 g/mol. The number of halogens is 3. The van der Waals surface area contributed by atoms with E-state index in [9.17, 15) is 41.4 Å². The van der Waals surface area contributed by atoms with Gasteiger partial charge in [0.1, 0.15) is 24.1 Å². The fraction of sp³-hybridized carbons (Fsp3) is 0.577. The molecule has 246 valence electrons. The van der Waals surface area contributed by atoms with Crippen LogP contribution in [0.5, 0.6) is 11.6 Å². The van der Waals surface area contributed by atoms with Crippen LogP contribution in [0.1, 0.15) is 41.5 Å². The molecule has 3 rings (SSSR count). The zero-order chi connectivity index (χ0) is 33.3. The third-order valence-electron chi connectivity index (χ3n) is 6.57. The summed E-state index contributed by atoms with van der Waals surface area (Å²) in [6.45, 7) is 6.46. The number of nitrogens with one attached hydrogen (secondary N) is 2. The van der Waals surface area contributed by atoms with Gasteiger partial charge in [-0.15, -0.1) is 5.10 Å². The Morgan fingerprint density at radius 3 is 2.41 bits per heavy atom. The first-order valence-corrected chi connectivity index (χ1v) is 14.9. The molecular formula is C26H36F3N5O9S. The number of ether oxygens (including phenoxy) is 3.